The fraction of sp³-hybridized carbons (Fsp3) is 0.478. The Bertz CT molecular complexity index is 863. The van der Waals surface area contributed by atoms with Crippen molar-refractivity contribution in [3.05, 3.63) is 57.6 Å². The lowest BCUT2D eigenvalue weighted by atomic mass is 10.1. The predicted octanol–water partition coefficient (Wildman–Crippen LogP) is 8.25. The van der Waals surface area contributed by atoms with Crippen molar-refractivity contribution in [1.29, 1.82) is 0 Å². The highest BCUT2D eigenvalue weighted by Gasteiger charge is 2.40. The second-order valence-electron chi connectivity index (χ2n) is 7.34. The third-order valence-electron chi connectivity index (χ3n) is 4.75. The maximum atomic E-state index is 14.2. The molecular weight excluding hydrogens is 456 g/mol. The zero-order valence-electron chi connectivity index (χ0n) is 18.6. The van der Waals surface area contributed by atoms with Crippen LogP contribution in [0.5, 0.6) is 5.75 Å². The van der Waals surface area contributed by atoms with Crippen LogP contribution in [-0.4, -0.2) is 20.3 Å². The molecule has 2 aromatic rings. The molecule has 0 saturated carbocycles. The molecule has 0 fully saturated rings. The molecular formula is C23H32Cl2NO4P. The highest BCUT2D eigenvalue weighted by molar-refractivity contribution is 7.54. The Morgan fingerprint density at radius 2 is 1.58 bits per heavy atom. The summed E-state index contributed by atoms with van der Waals surface area (Å²) in [6, 6.07) is 11.1. The van der Waals surface area contributed by atoms with Crippen molar-refractivity contribution < 1.29 is 18.3 Å². The van der Waals surface area contributed by atoms with Crippen molar-refractivity contribution in [2.75, 3.05) is 25.6 Å². The minimum absolute atomic E-state index is 0.322. The molecule has 0 saturated heterocycles. The van der Waals surface area contributed by atoms with E-state index in [9.17, 15) is 4.57 Å². The number of anilines is 1. The Labute approximate surface area is 195 Å². The molecule has 0 amide bonds. The summed E-state index contributed by atoms with van der Waals surface area (Å²) in [4.78, 5) is 0. The molecule has 0 aromatic heterocycles. The highest BCUT2D eigenvalue weighted by atomic mass is 35.5. The normalized spacial score (nSPS) is 12.6. The lowest BCUT2D eigenvalue weighted by molar-refractivity contribution is 0.194. The summed E-state index contributed by atoms with van der Waals surface area (Å²) in [5.41, 5.74) is 2.41. The fourth-order valence-electron chi connectivity index (χ4n) is 2.99. The molecule has 1 unspecified atom stereocenters. The van der Waals surface area contributed by atoms with E-state index in [2.05, 4.69) is 5.32 Å². The Hall–Kier alpha value is -1.23. The third-order valence-corrected chi connectivity index (χ3v) is 7.37. The van der Waals surface area contributed by atoms with Crippen LogP contribution in [0, 0.1) is 6.92 Å². The van der Waals surface area contributed by atoms with E-state index in [1.165, 1.54) is 7.11 Å². The molecule has 0 spiro atoms. The van der Waals surface area contributed by atoms with E-state index in [1.54, 1.807) is 12.1 Å². The van der Waals surface area contributed by atoms with Crippen LogP contribution in [0.15, 0.2) is 36.4 Å². The molecule has 0 aliphatic rings. The van der Waals surface area contributed by atoms with Crippen molar-refractivity contribution in [3.63, 3.8) is 0 Å². The number of hydrogen-bond donors (Lipinski definition) is 1. The average molecular weight is 488 g/mol. The van der Waals surface area contributed by atoms with Crippen LogP contribution >= 0.6 is 30.8 Å². The summed E-state index contributed by atoms with van der Waals surface area (Å²) in [7, 11) is -2.16. The molecule has 172 valence electrons. The van der Waals surface area contributed by atoms with Crippen LogP contribution in [0.3, 0.4) is 0 Å². The first-order chi connectivity index (χ1) is 14.8. The van der Waals surface area contributed by atoms with Crippen LogP contribution < -0.4 is 10.1 Å². The van der Waals surface area contributed by atoms with Gasteiger partial charge in [0.25, 0.3) is 0 Å². The number of rotatable bonds is 13. The zero-order chi connectivity index (χ0) is 22.9. The van der Waals surface area contributed by atoms with E-state index in [0.29, 0.717) is 34.6 Å². The molecule has 8 heteroatoms. The van der Waals surface area contributed by atoms with Gasteiger partial charge in [-0.3, -0.25) is 4.57 Å². The number of ether oxygens (including phenoxy) is 1. The molecule has 5 nitrogen and oxygen atoms in total. The minimum atomic E-state index is -3.68. The molecule has 0 aliphatic heterocycles. The van der Waals surface area contributed by atoms with Gasteiger partial charge in [0.1, 0.15) is 5.75 Å². The summed E-state index contributed by atoms with van der Waals surface area (Å²) in [5.74, 6) is -0.468. The van der Waals surface area contributed by atoms with E-state index in [4.69, 9.17) is 37.0 Å². The summed E-state index contributed by atoms with van der Waals surface area (Å²) in [6.45, 7) is 6.75. The first-order valence-electron chi connectivity index (χ1n) is 10.6. The lowest BCUT2D eigenvalue weighted by Gasteiger charge is -2.30. The Kier molecular flexibility index (Phi) is 10.7. The van der Waals surface area contributed by atoms with Gasteiger partial charge in [0.2, 0.25) is 0 Å². The standard InChI is InChI=1S/C23H32Cl2NO4P/c1-5-7-13-29-31(27,30-14-8-6-2)23(26-19-11-9-17(3)10-12-19)20-15-18(24)16-21(25)22(20)28-4/h9-12,15-16,23,26H,5-8,13-14H2,1-4H3. The summed E-state index contributed by atoms with van der Waals surface area (Å²) in [5, 5.41) is 4.07. The second-order valence-corrected chi connectivity index (χ2v) is 10.3. The van der Waals surface area contributed by atoms with E-state index in [-0.39, 0.29) is 0 Å². The van der Waals surface area contributed by atoms with E-state index >= 15 is 0 Å². The number of unbranched alkanes of at least 4 members (excludes halogenated alkanes) is 2. The van der Waals surface area contributed by atoms with Crippen LogP contribution in [0.2, 0.25) is 10.0 Å². The van der Waals surface area contributed by atoms with Crippen LogP contribution in [0.25, 0.3) is 0 Å². The number of benzene rings is 2. The second kappa shape index (κ2) is 12.7. The summed E-state index contributed by atoms with van der Waals surface area (Å²) in [6.07, 6.45) is 3.37. The van der Waals surface area contributed by atoms with Gasteiger partial charge in [0.05, 0.1) is 25.3 Å². The number of methoxy groups -OCH3 is 1. The van der Waals surface area contributed by atoms with Gasteiger partial charge in [-0.25, -0.2) is 0 Å². The molecule has 1 atom stereocenters. The van der Waals surface area contributed by atoms with Crippen LogP contribution in [0.4, 0.5) is 5.69 Å². The van der Waals surface area contributed by atoms with Gasteiger partial charge in [-0.15, -0.1) is 0 Å². The zero-order valence-corrected chi connectivity index (χ0v) is 21.0. The Balaban J connectivity index is 2.57. The van der Waals surface area contributed by atoms with Gasteiger partial charge in [0.15, 0.2) is 5.78 Å². The van der Waals surface area contributed by atoms with Gasteiger partial charge in [-0.2, -0.15) is 0 Å². The Morgan fingerprint density at radius 1 is 1.00 bits per heavy atom. The smallest absolute Gasteiger partial charge is 0.357 e. The van der Waals surface area contributed by atoms with Gasteiger partial charge < -0.3 is 19.1 Å². The quantitative estimate of drug-likeness (QED) is 0.227. The van der Waals surface area contributed by atoms with Gasteiger partial charge >= 0.3 is 7.60 Å². The third kappa shape index (κ3) is 7.40. The molecule has 0 bridgehead atoms. The first kappa shape index (κ1) is 26.0. The number of nitrogens with one attached hydrogen (secondary N) is 1. The molecule has 0 radical (unpaired) electrons. The van der Waals surface area contributed by atoms with Gasteiger partial charge in [0, 0.05) is 16.3 Å². The van der Waals surface area contributed by atoms with Crippen molar-refractivity contribution >= 4 is 36.5 Å². The van der Waals surface area contributed by atoms with Crippen LogP contribution in [0.1, 0.15) is 56.4 Å². The number of halogens is 2. The fourth-order valence-corrected chi connectivity index (χ4v) is 5.56. The van der Waals surface area contributed by atoms with E-state index < -0.39 is 13.4 Å². The van der Waals surface area contributed by atoms with Gasteiger partial charge in [-0.1, -0.05) is 67.6 Å². The topological polar surface area (TPSA) is 56.8 Å². The highest BCUT2D eigenvalue weighted by Crippen LogP contribution is 2.63. The molecule has 2 aromatic carbocycles. The minimum Gasteiger partial charge on any atom is -0.495 e. The SMILES string of the molecule is CCCCOP(=O)(OCCCC)C(Nc1ccc(C)cc1)c1cc(Cl)cc(Cl)c1OC. The molecule has 1 N–H and O–H groups in total. The van der Waals surface area contributed by atoms with E-state index in [1.807, 2.05) is 45.0 Å². The van der Waals surface area contributed by atoms with Crippen LogP contribution in [-0.2, 0) is 13.6 Å². The molecule has 0 aliphatic carbocycles. The number of hydrogen-bond acceptors (Lipinski definition) is 5. The average Bonchev–Trinajstić information content (AvgIpc) is 2.73. The maximum Gasteiger partial charge on any atom is 0.357 e. The summed E-state index contributed by atoms with van der Waals surface area (Å²) < 4.78 is 31.6. The molecule has 0 heterocycles. The number of aryl methyl sites for hydroxylation is 1. The Morgan fingerprint density at radius 3 is 2.10 bits per heavy atom. The first-order valence-corrected chi connectivity index (χ1v) is 13.0. The summed E-state index contributed by atoms with van der Waals surface area (Å²) >= 11 is 12.7. The van der Waals surface area contributed by atoms with Crippen molar-refractivity contribution in [3.8, 4) is 5.75 Å². The predicted molar refractivity (Wildman–Crippen MR) is 130 cm³/mol. The maximum absolute atomic E-state index is 14.2. The van der Waals surface area contributed by atoms with E-state index in [0.717, 1.165) is 36.9 Å². The molecule has 2 rings (SSSR count). The van der Waals surface area contributed by atoms with Gasteiger partial charge in [-0.05, 0) is 44.0 Å². The largest absolute Gasteiger partial charge is 0.495 e. The molecule has 31 heavy (non-hydrogen) atoms. The van der Waals surface area contributed by atoms with Crippen molar-refractivity contribution in [1.82, 2.24) is 0 Å². The monoisotopic (exact) mass is 487 g/mol. The van der Waals surface area contributed by atoms with Crippen molar-refractivity contribution in [2.24, 2.45) is 0 Å². The van der Waals surface area contributed by atoms with Crippen molar-refractivity contribution in [2.45, 2.75) is 52.2 Å². The lowest BCUT2D eigenvalue weighted by Crippen LogP contribution is -2.17.